The van der Waals surface area contributed by atoms with Gasteiger partial charge >= 0.3 is 5.97 Å². The van der Waals surface area contributed by atoms with Gasteiger partial charge in [-0.1, -0.05) is 40.2 Å². The SMILES string of the molecule is CCOC(=O)/C=C/c1ccc2c(c1)CCc1cc(Br)ccc1-2. The summed E-state index contributed by atoms with van der Waals surface area (Å²) in [5.41, 5.74) is 6.36. The van der Waals surface area contributed by atoms with Gasteiger partial charge < -0.3 is 4.74 Å². The van der Waals surface area contributed by atoms with Crippen LogP contribution in [0.2, 0.25) is 0 Å². The first kappa shape index (κ1) is 15.0. The van der Waals surface area contributed by atoms with Crippen molar-refractivity contribution in [2.75, 3.05) is 6.61 Å². The molecular formula is C19H17BrO2. The van der Waals surface area contributed by atoms with E-state index in [1.165, 1.54) is 28.3 Å². The van der Waals surface area contributed by atoms with Crippen molar-refractivity contribution < 1.29 is 9.53 Å². The number of esters is 1. The van der Waals surface area contributed by atoms with Crippen molar-refractivity contribution in [1.29, 1.82) is 0 Å². The molecule has 0 N–H and O–H groups in total. The van der Waals surface area contributed by atoms with Crippen molar-refractivity contribution in [3.8, 4) is 11.1 Å². The normalized spacial score (nSPS) is 12.8. The lowest BCUT2D eigenvalue weighted by molar-refractivity contribution is -0.137. The number of benzene rings is 2. The van der Waals surface area contributed by atoms with Crippen LogP contribution in [0.1, 0.15) is 23.6 Å². The van der Waals surface area contributed by atoms with Crippen molar-refractivity contribution in [2.45, 2.75) is 19.8 Å². The third-order valence-electron chi connectivity index (χ3n) is 3.85. The molecule has 1 aliphatic carbocycles. The molecule has 0 amide bonds. The minimum atomic E-state index is -0.296. The van der Waals surface area contributed by atoms with Gasteiger partial charge in [-0.25, -0.2) is 4.79 Å². The average molecular weight is 357 g/mol. The Morgan fingerprint density at radius 3 is 2.55 bits per heavy atom. The van der Waals surface area contributed by atoms with E-state index < -0.39 is 0 Å². The van der Waals surface area contributed by atoms with Crippen LogP contribution in [-0.2, 0) is 22.4 Å². The van der Waals surface area contributed by atoms with Crippen LogP contribution in [0, 0.1) is 0 Å². The average Bonchev–Trinajstić information content (AvgIpc) is 2.52. The Balaban J connectivity index is 1.90. The van der Waals surface area contributed by atoms with Gasteiger partial charge in [0.25, 0.3) is 0 Å². The maximum Gasteiger partial charge on any atom is 0.330 e. The third kappa shape index (κ3) is 3.14. The molecule has 0 fully saturated rings. The van der Waals surface area contributed by atoms with E-state index in [-0.39, 0.29) is 5.97 Å². The summed E-state index contributed by atoms with van der Waals surface area (Å²) in [4.78, 5) is 11.4. The number of ether oxygens (including phenoxy) is 1. The summed E-state index contributed by atoms with van der Waals surface area (Å²) in [6, 6.07) is 12.8. The fourth-order valence-corrected chi connectivity index (χ4v) is 3.25. The molecule has 0 saturated heterocycles. The first-order valence-electron chi connectivity index (χ1n) is 7.44. The molecule has 2 aromatic rings. The topological polar surface area (TPSA) is 26.3 Å². The minimum absolute atomic E-state index is 0.296. The number of carbonyl (C=O) groups excluding carboxylic acids is 1. The van der Waals surface area contributed by atoms with Crippen molar-refractivity contribution in [2.24, 2.45) is 0 Å². The molecule has 0 spiro atoms. The van der Waals surface area contributed by atoms with Crippen molar-refractivity contribution in [3.63, 3.8) is 0 Å². The highest BCUT2D eigenvalue weighted by Gasteiger charge is 2.16. The Morgan fingerprint density at radius 1 is 1.14 bits per heavy atom. The standard InChI is InChI=1S/C19H17BrO2/c1-2-22-19(21)10-4-13-3-8-17-14(11-13)5-6-15-12-16(20)7-9-18(15)17/h3-4,7-12H,2,5-6H2,1H3/b10-4+. The summed E-state index contributed by atoms with van der Waals surface area (Å²) in [7, 11) is 0. The largest absolute Gasteiger partial charge is 0.463 e. The number of hydrogen-bond donors (Lipinski definition) is 0. The summed E-state index contributed by atoms with van der Waals surface area (Å²) >= 11 is 3.54. The highest BCUT2D eigenvalue weighted by molar-refractivity contribution is 9.10. The molecular weight excluding hydrogens is 340 g/mol. The maximum atomic E-state index is 11.4. The van der Waals surface area contributed by atoms with E-state index in [2.05, 4.69) is 46.3 Å². The lowest BCUT2D eigenvalue weighted by atomic mass is 9.85. The molecule has 0 bridgehead atoms. The first-order valence-corrected chi connectivity index (χ1v) is 8.23. The van der Waals surface area contributed by atoms with E-state index in [4.69, 9.17) is 4.74 Å². The molecule has 0 saturated carbocycles. The zero-order chi connectivity index (χ0) is 15.5. The summed E-state index contributed by atoms with van der Waals surface area (Å²) in [5, 5.41) is 0. The number of hydrogen-bond acceptors (Lipinski definition) is 2. The summed E-state index contributed by atoms with van der Waals surface area (Å²) in [5.74, 6) is -0.296. The number of carbonyl (C=O) groups is 1. The van der Waals surface area contributed by atoms with E-state index in [0.717, 1.165) is 22.9 Å². The second kappa shape index (κ2) is 6.49. The van der Waals surface area contributed by atoms with Crippen LogP contribution in [0.3, 0.4) is 0 Å². The van der Waals surface area contributed by atoms with Crippen LogP contribution in [0.5, 0.6) is 0 Å². The summed E-state index contributed by atoms with van der Waals surface area (Å²) in [6.45, 7) is 2.21. The van der Waals surface area contributed by atoms with E-state index >= 15 is 0 Å². The van der Waals surface area contributed by atoms with Crippen LogP contribution in [0.25, 0.3) is 17.2 Å². The predicted octanol–water partition coefficient (Wildman–Crippen LogP) is 4.79. The van der Waals surface area contributed by atoms with Gasteiger partial charge in [-0.2, -0.15) is 0 Å². The first-order chi connectivity index (χ1) is 10.7. The van der Waals surface area contributed by atoms with Gasteiger partial charge in [-0.3, -0.25) is 0 Å². The van der Waals surface area contributed by atoms with E-state index in [0.29, 0.717) is 6.61 Å². The predicted molar refractivity (Wildman–Crippen MR) is 92.7 cm³/mol. The highest BCUT2D eigenvalue weighted by Crippen LogP contribution is 2.35. The molecule has 2 aromatic carbocycles. The number of rotatable bonds is 3. The molecule has 0 unspecified atom stereocenters. The second-order valence-corrected chi connectivity index (χ2v) is 6.22. The zero-order valence-corrected chi connectivity index (χ0v) is 14.0. The smallest absolute Gasteiger partial charge is 0.330 e. The van der Waals surface area contributed by atoms with Gasteiger partial charge in [-0.05, 0) is 65.8 Å². The highest BCUT2D eigenvalue weighted by atomic mass is 79.9. The van der Waals surface area contributed by atoms with Crippen molar-refractivity contribution in [1.82, 2.24) is 0 Å². The van der Waals surface area contributed by atoms with Gasteiger partial charge in [0.1, 0.15) is 0 Å². The van der Waals surface area contributed by atoms with Crippen LogP contribution >= 0.6 is 15.9 Å². The Bertz CT molecular complexity index is 747. The monoisotopic (exact) mass is 356 g/mol. The maximum absolute atomic E-state index is 11.4. The van der Waals surface area contributed by atoms with E-state index in [1.54, 1.807) is 6.92 Å². The van der Waals surface area contributed by atoms with Gasteiger partial charge in [0.15, 0.2) is 0 Å². The van der Waals surface area contributed by atoms with Gasteiger partial charge in [0.05, 0.1) is 6.61 Å². The Labute approximate surface area is 138 Å². The second-order valence-electron chi connectivity index (χ2n) is 5.30. The molecule has 22 heavy (non-hydrogen) atoms. The molecule has 3 rings (SSSR count). The lowest BCUT2D eigenvalue weighted by Crippen LogP contribution is -2.04. The van der Waals surface area contributed by atoms with Gasteiger partial charge in [-0.15, -0.1) is 0 Å². The zero-order valence-electron chi connectivity index (χ0n) is 12.4. The van der Waals surface area contributed by atoms with Crippen molar-refractivity contribution >= 4 is 28.0 Å². The third-order valence-corrected chi connectivity index (χ3v) is 4.34. The van der Waals surface area contributed by atoms with Crippen LogP contribution in [0.4, 0.5) is 0 Å². The molecule has 0 radical (unpaired) electrons. The summed E-state index contributed by atoms with van der Waals surface area (Å²) in [6.07, 6.45) is 5.38. The minimum Gasteiger partial charge on any atom is -0.463 e. The number of halogens is 1. The van der Waals surface area contributed by atoms with Crippen LogP contribution in [0.15, 0.2) is 46.9 Å². The molecule has 3 heteroatoms. The Kier molecular flexibility index (Phi) is 4.44. The van der Waals surface area contributed by atoms with Gasteiger partial charge in [0.2, 0.25) is 0 Å². The fraction of sp³-hybridized carbons (Fsp3) is 0.211. The van der Waals surface area contributed by atoms with Gasteiger partial charge in [0, 0.05) is 10.5 Å². The van der Waals surface area contributed by atoms with Crippen molar-refractivity contribution in [3.05, 3.63) is 63.6 Å². The molecule has 112 valence electrons. The Hall–Kier alpha value is -1.87. The molecule has 2 nitrogen and oxygen atoms in total. The molecule has 0 aromatic heterocycles. The lowest BCUT2D eigenvalue weighted by Gasteiger charge is -2.20. The molecule has 0 heterocycles. The number of aryl methyl sites for hydroxylation is 2. The quantitative estimate of drug-likeness (QED) is 0.583. The Morgan fingerprint density at radius 2 is 1.82 bits per heavy atom. The molecule has 0 aliphatic heterocycles. The molecule has 1 aliphatic rings. The summed E-state index contributed by atoms with van der Waals surface area (Å²) < 4.78 is 6.03. The van der Waals surface area contributed by atoms with E-state index in [1.807, 2.05) is 12.1 Å². The fourth-order valence-electron chi connectivity index (χ4n) is 2.84. The van der Waals surface area contributed by atoms with Crippen LogP contribution < -0.4 is 0 Å². The van der Waals surface area contributed by atoms with E-state index in [9.17, 15) is 4.79 Å². The molecule has 0 atom stereocenters. The van der Waals surface area contributed by atoms with Crippen LogP contribution in [-0.4, -0.2) is 12.6 Å². The number of fused-ring (bicyclic) bond motifs is 3.